The Morgan fingerprint density at radius 1 is 1.14 bits per heavy atom. The predicted octanol–water partition coefficient (Wildman–Crippen LogP) is 2.96. The molecule has 1 saturated heterocycles. The second-order valence-electron chi connectivity index (χ2n) is 6.85. The first-order valence-electron chi connectivity index (χ1n) is 9.32. The number of likely N-dealkylation sites (tertiary alicyclic amines) is 1. The second-order valence-corrected chi connectivity index (χ2v) is 6.85. The van der Waals surface area contributed by atoms with E-state index in [0.717, 1.165) is 24.1 Å². The summed E-state index contributed by atoms with van der Waals surface area (Å²) in [4.78, 5) is 31.3. The highest BCUT2D eigenvalue weighted by Crippen LogP contribution is 2.22. The third-order valence-electron chi connectivity index (χ3n) is 4.89. The van der Waals surface area contributed by atoms with Gasteiger partial charge in [-0.25, -0.2) is 0 Å². The van der Waals surface area contributed by atoms with E-state index in [-0.39, 0.29) is 17.7 Å². The topological polar surface area (TPSA) is 91.0 Å². The highest BCUT2D eigenvalue weighted by molar-refractivity contribution is 5.95. The number of hydrogen-bond acceptors (Lipinski definition) is 4. The van der Waals surface area contributed by atoms with Gasteiger partial charge in [0.2, 0.25) is 5.91 Å². The Balaban J connectivity index is 1.42. The number of amides is 2. The fourth-order valence-corrected chi connectivity index (χ4v) is 3.41. The molecule has 3 heterocycles. The van der Waals surface area contributed by atoms with Gasteiger partial charge in [0, 0.05) is 36.7 Å². The van der Waals surface area contributed by atoms with Gasteiger partial charge >= 0.3 is 0 Å². The number of nitrogens with zero attached hydrogens (tertiary/aromatic N) is 3. The summed E-state index contributed by atoms with van der Waals surface area (Å²) in [7, 11) is 0. The standard InChI is InChI=1S/C21H21N5O2/c27-20(23-17-8-2-1-3-9-17)16-7-5-11-26(14-16)21(28)19-12-18(24-25-19)15-6-4-10-22-13-15/h1-4,6,8-10,12-13,16H,5,7,11,14H2,(H,23,27)(H,24,25)/t16-/m1/s1. The average molecular weight is 375 g/mol. The lowest BCUT2D eigenvalue weighted by molar-refractivity contribution is -0.121. The van der Waals surface area contributed by atoms with Gasteiger partial charge in [0.25, 0.3) is 5.91 Å². The molecular weight excluding hydrogens is 354 g/mol. The van der Waals surface area contributed by atoms with Crippen LogP contribution in [-0.4, -0.2) is 45.0 Å². The Morgan fingerprint density at radius 2 is 2.00 bits per heavy atom. The van der Waals surface area contributed by atoms with E-state index in [1.807, 2.05) is 42.5 Å². The molecule has 7 heteroatoms. The monoisotopic (exact) mass is 375 g/mol. The Bertz CT molecular complexity index is 955. The maximum absolute atomic E-state index is 12.9. The van der Waals surface area contributed by atoms with E-state index in [4.69, 9.17) is 0 Å². The summed E-state index contributed by atoms with van der Waals surface area (Å²) >= 11 is 0. The van der Waals surface area contributed by atoms with E-state index in [0.29, 0.717) is 24.5 Å². The molecule has 2 N–H and O–H groups in total. The van der Waals surface area contributed by atoms with Crippen LogP contribution in [0.4, 0.5) is 5.69 Å². The van der Waals surface area contributed by atoms with Crippen LogP contribution in [0.2, 0.25) is 0 Å². The SMILES string of the molecule is O=C(Nc1ccccc1)[C@@H]1CCCN(C(=O)c2cc(-c3cccnc3)n[nH]2)C1. The first-order valence-corrected chi connectivity index (χ1v) is 9.32. The van der Waals surface area contributed by atoms with E-state index >= 15 is 0 Å². The summed E-state index contributed by atoms with van der Waals surface area (Å²) < 4.78 is 0. The molecule has 2 aromatic heterocycles. The summed E-state index contributed by atoms with van der Waals surface area (Å²) in [6.07, 6.45) is 4.96. The van der Waals surface area contributed by atoms with Gasteiger partial charge in [-0.05, 0) is 43.2 Å². The average Bonchev–Trinajstić information content (AvgIpc) is 3.25. The van der Waals surface area contributed by atoms with Crippen LogP contribution in [-0.2, 0) is 4.79 Å². The van der Waals surface area contributed by atoms with Crippen LogP contribution >= 0.6 is 0 Å². The molecule has 142 valence electrons. The first kappa shape index (κ1) is 17.9. The molecule has 1 atom stereocenters. The third kappa shape index (κ3) is 3.93. The molecule has 1 fully saturated rings. The molecule has 1 aliphatic heterocycles. The van der Waals surface area contributed by atoms with Crippen LogP contribution in [0.25, 0.3) is 11.3 Å². The molecule has 4 rings (SSSR count). The zero-order valence-corrected chi connectivity index (χ0v) is 15.3. The fraction of sp³-hybridized carbons (Fsp3) is 0.238. The van der Waals surface area contributed by atoms with Crippen molar-refractivity contribution >= 4 is 17.5 Å². The van der Waals surface area contributed by atoms with Gasteiger partial charge in [-0.15, -0.1) is 0 Å². The number of carbonyl (C=O) groups excluding carboxylic acids is 2. The van der Waals surface area contributed by atoms with E-state index < -0.39 is 0 Å². The zero-order chi connectivity index (χ0) is 19.3. The summed E-state index contributed by atoms with van der Waals surface area (Å²) in [5.41, 5.74) is 2.71. The van der Waals surface area contributed by atoms with Crippen molar-refractivity contribution in [3.05, 3.63) is 66.6 Å². The first-order chi connectivity index (χ1) is 13.7. The van der Waals surface area contributed by atoms with Gasteiger partial charge in [0.05, 0.1) is 11.6 Å². The zero-order valence-electron chi connectivity index (χ0n) is 15.3. The molecular formula is C21H21N5O2. The molecule has 0 aliphatic carbocycles. The molecule has 0 unspecified atom stereocenters. The molecule has 0 bridgehead atoms. The van der Waals surface area contributed by atoms with E-state index in [1.54, 1.807) is 23.4 Å². The van der Waals surface area contributed by atoms with Crippen molar-refractivity contribution in [3.63, 3.8) is 0 Å². The number of hydrogen-bond donors (Lipinski definition) is 2. The van der Waals surface area contributed by atoms with Crippen LogP contribution in [0.1, 0.15) is 23.3 Å². The van der Waals surface area contributed by atoms with Crippen molar-refractivity contribution in [2.45, 2.75) is 12.8 Å². The van der Waals surface area contributed by atoms with E-state index in [9.17, 15) is 9.59 Å². The number of pyridine rings is 1. The Morgan fingerprint density at radius 3 is 2.79 bits per heavy atom. The lowest BCUT2D eigenvalue weighted by Gasteiger charge is -2.31. The number of piperidine rings is 1. The number of aromatic nitrogens is 3. The van der Waals surface area contributed by atoms with E-state index in [2.05, 4.69) is 20.5 Å². The lowest BCUT2D eigenvalue weighted by atomic mass is 9.96. The minimum atomic E-state index is -0.223. The minimum absolute atomic E-state index is 0.0515. The normalized spacial score (nSPS) is 16.6. The summed E-state index contributed by atoms with van der Waals surface area (Å²) in [5, 5.41) is 9.97. The van der Waals surface area contributed by atoms with Gasteiger partial charge in [0.1, 0.15) is 5.69 Å². The maximum Gasteiger partial charge on any atom is 0.271 e. The van der Waals surface area contributed by atoms with Crippen molar-refractivity contribution in [1.29, 1.82) is 0 Å². The van der Waals surface area contributed by atoms with Crippen molar-refractivity contribution in [2.24, 2.45) is 5.92 Å². The van der Waals surface area contributed by atoms with Gasteiger partial charge in [-0.2, -0.15) is 5.10 Å². The predicted molar refractivity (Wildman–Crippen MR) is 106 cm³/mol. The molecule has 0 saturated carbocycles. The fourth-order valence-electron chi connectivity index (χ4n) is 3.41. The van der Waals surface area contributed by atoms with E-state index in [1.165, 1.54) is 0 Å². The highest BCUT2D eigenvalue weighted by Gasteiger charge is 2.29. The molecule has 7 nitrogen and oxygen atoms in total. The summed E-state index contributed by atoms with van der Waals surface area (Å²) in [5.74, 6) is -0.414. The molecule has 0 radical (unpaired) electrons. The van der Waals surface area contributed by atoms with Crippen LogP contribution in [0.3, 0.4) is 0 Å². The second kappa shape index (κ2) is 8.04. The van der Waals surface area contributed by atoms with Crippen LogP contribution < -0.4 is 5.32 Å². The number of rotatable bonds is 4. The Labute approximate surface area is 162 Å². The number of carbonyl (C=O) groups is 2. The maximum atomic E-state index is 12.9. The number of H-pyrrole nitrogens is 1. The molecule has 1 aliphatic rings. The third-order valence-corrected chi connectivity index (χ3v) is 4.89. The molecule has 3 aromatic rings. The smallest absolute Gasteiger partial charge is 0.271 e. The number of aromatic amines is 1. The number of anilines is 1. The van der Waals surface area contributed by atoms with Gasteiger partial charge in [-0.3, -0.25) is 19.7 Å². The number of para-hydroxylation sites is 1. The van der Waals surface area contributed by atoms with Crippen molar-refractivity contribution < 1.29 is 9.59 Å². The quantitative estimate of drug-likeness (QED) is 0.733. The van der Waals surface area contributed by atoms with Gasteiger partial charge < -0.3 is 10.2 Å². The number of nitrogens with one attached hydrogen (secondary N) is 2. The minimum Gasteiger partial charge on any atom is -0.337 e. The largest absolute Gasteiger partial charge is 0.337 e. The summed E-state index contributed by atoms with van der Waals surface area (Å²) in [6, 6.07) is 14.8. The number of benzene rings is 1. The van der Waals surface area contributed by atoms with Gasteiger partial charge in [0.15, 0.2) is 0 Å². The summed E-state index contributed by atoms with van der Waals surface area (Å²) in [6.45, 7) is 1.04. The van der Waals surface area contributed by atoms with Crippen molar-refractivity contribution in [3.8, 4) is 11.3 Å². The van der Waals surface area contributed by atoms with Crippen LogP contribution in [0.15, 0.2) is 60.9 Å². The highest BCUT2D eigenvalue weighted by atomic mass is 16.2. The molecule has 0 spiro atoms. The van der Waals surface area contributed by atoms with Crippen molar-refractivity contribution in [1.82, 2.24) is 20.1 Å². The van der Waals surface area contributed by atoms with Crippen molar-refractivity contribution in [2.75, 3.05) is 18.4 Å². The molecule has 28 heavy (non-hydrogen) atoms. The molecule has 2 amide bonds. The van der Waals surface area contributed by atoms with Gasteiger partial charge in [-0.1, -0.05) is 18.2 Å². The Kier molecular flexibility index (Phi) is 5.14. The van der Waals surface area contributed by atoms with Crippen LogP contribution in [0.5, 0.6) is 0 Å². The molecule has 1 aromatic carbocycles. The Hall–Kier alpha value is -3.48. The lowest BCUT2D eigenvalue weighted by Crippen LogP contribution is -2.43. The van der Waals surface area contributed by atoms with Crippen LogP contribution in [0, 0.1) is 5.92 Å².